The van der Waals surface area contributed by atoms with Gasteiger partial charge in [-0.25, -0.2) is 4.79 Å². The monoisotopic (exact) mass is 448 g/mol. The van der Waals surface area contributed by atoms with Gasteiger partial charge in [0.15, 0.2) is 0 Å². The zero-order valence-electron chi connectivity index (χ0n) is 18.6. The van der Waals surface area contributed by atoms with Crippen molar-refractivity contribution in [3.05, 3.63) is 29.8 Å². The molecule has 32 heavy (non-hydrogen) atoms. The van der Waals surface area contributed by atoms with Crippen LogP contribution in [0.4, 0.5) is 0 Å². The van der Waals surface area contributed by atoms with E-state index in [1.807, 2.05) is 0 Å². The molecule has 10 nitrogen and oxygen atoms in total. The molecule has 10 heteroatoms. The lowest BCUT2D eigenvalue weighted by molar-refractivity contribution is -0.149. The maximum atomic E-state index is 13.0. The summed E-state index contributed by atoms with van der Waals surface area (Å²) in [6.07, 6.45) is 1.06. The van der Waals surface area contributed by atoms with Crippen LogP contribution in [0.1, 0.15) is 39.2 Å². The molecule has 3 amide bonds. The number of hydrogen-bond donors (Lipinski definition) is 5. The standard InChI is InChI=1S/C22H32N4O6/c1-12(2)18(23)20(29)25-16(11-14-6-8-15(27)9-7-14)19(28)24-13(3)21(30)26-10-4-5-17(26)22(31)32/h6-9,12-13,16-18,27H,4-5,10-11,23H2,1-3H3,(H,24,28)(H,25,29)(H,31,32). The van der Waals surface area contributed by atoms with Gasteiger partial charge in [0, 0.05) is 13.0 Å². The molecule has 0 aliphatic carbocycles. The highest BCUT2D eigenvalue weighted by Gasteiger charge is 2.37. The number of benzene rings is 1. The van der Waals surface area contributed by atoms with Crippen molar-refractivity contribution in [2.75, 3.05) is 6.54 Å². The van der Waals surface area contributed by atoms with E-state index >= 15 is 0 Å². The zero-order chi connectivity index (χ0) is 24.0. The molecule has 1 aliphatic heterocycles. The summed E-state index contributed by atoms with van der Waals surface area (Å²) in [4.78, 5) is 50.9. The molecule has 1 aromatic rings. The lowest BCUT2D eigenvalue weighted by Crippen LogP contribution is -2.57. The van der Waals surface area contributed by atoms with Crippen LogP contribution in [0.5, 0.6) is 5.75 Å². The van der Waals surface area contributed by atoms with Crippen molar-refractivity contribution in [2.24, 2.45) is 11.7 Å². The molecule has 176 valence electrons. The Balaban J connectivity index is 2.13. The number of carbonyl (C=O) groups is 4. The molecule has 1 saturated heterocycles. The van der Waals surface area contributed by atoms with Gasteiger partial charge in [-0.1, -0.05) is 26.0 Å². The van der Waals surface area contributed by atoms with Crippen molar-refractivity contribution in [1.29, 1.82) is 0 Å². The van der Waals surface area contributed by atoms with Gasteiger partial charge in [-0.05, 0) is 43.4 Å². The van der Waals surface area contributed by atoms with E-state index < -0.39 is 47.9 Å². The Morgan fingerprint density at radius 2 is 1.72 bits per heavy atom. The van der Waals surface area contributed by atoms with Crippen molar-refractivity contribution in [2.45, 2.75) is 64.2 Å². The Morgan fingerprint density at radius 3 is 2.28 bits per heavy atom. The molecule has 0 spiro atoms. The van der Waals surface area contributed by atoms with Crippen LogP contribution < -0.4 is 16.4 Å². The van der Waals surface area contributed by atoms with E-state index in [-0.39, 0.29) is 18.1 Å². The molecule has 4 atom stereocenters. The van der Waals surface area contributed by atoms with Crippen molar-refractivity contribution in [1.82, 2.24) is 15.5 Å². The summed E-state index contributed by atoms with van der Waals surface area (Å²) in [5.74, 6) is -2.72. The van der Waals surface area contributed by atoms with Gasteiger partial charge >= 0.3 is 5.97 Å². The number of carbonyl (C=O) groups excluding carboxylic acids is 3. The highest BCUT2D eigenvalue weighted by atomic mass is 16.4. The Labute approximate surface area is 187 Å². The van der Waals surface area contributed by atoms with Gasteiger partial charge in [-0.3, -0.25) is 14.4 Å². The number of aromatic hydroxyl groups is 1. The number of phenols is 1. The molecular weight excluding hydrogens is 416 g/mol. The Morgan fingerprint density at radius 1 is 1.09 bits per heavy atom. The second-order valence-corrected chi connectivity index (χ2v) is 8.46. The zero-order valence-corrected chi connectivity index (χ0v) is 18.6. The predicted molar refractivity (Wildman–Crippen MR) is 117 cm³/mol. The first-order valence-corrected chi connectivity index (χ1v) is 10.7. The third kappa shape index (κ3) is 6.43. The molecular formula is C22H32N4O6. The van der Waals surface area contributed by atoms with E-state index in [1.165, 1.54) is 24.0 Å². The van der Waals surface area contributed by atoms with Gasteiger partial charge in [-0.15, -0.1) is 0 Å². The quantitative estimate of drug-likeness (QED) is 0.355. The number of carboxylic acid groups (broad SMARTS) is 1. The number of hydrogen-bond acceptors (Lipinski definition) is 6. The second-order valence-electron chi connectivity index (χ2n) is 8.46. The number of likely N-dealkylation sites (tertiary alicyclic amines) is 1. The molecule has 1 heterocycles. The van der Waals surface area contributed by atoms with E-state index in [1.54, 1.807) is 26.0 Å². The molecule has 4 unspecified atom stereocenters. The number of amides is 3. The summed E-state index contributed by atoms with van der Waals surface area (Å²) in [5.41, 5.74) is 6.59. The number of carboxylic acids is 1. The van der Waals surface area contributed by atoms with Gasteiger partial charge in [0.25, 0.3) is 0 Å². The van der Waals surface area contributed by atoms with E-state index in [0.29, 0.717) is 24.9 Å². The summed E-state index contributed by atoms with van der Waals surface area (Å²) in [5, 5.41) is 24.0. The molecule has 6 N–H and O–H groups in total. The number of nitrogens with two attached hydrogens (primary N) is 1. The van der Waals surface area contributed by atoms with Crippen molar-refractivity contribution < 1.29 is 29.4 Å². The molecule has 2 rings (SSSR count). The topological polar surface area (TPSA) is 162 Å². The van der Waals surface area contributed by atoms with Crippen molar-refractivity contribution in [3.63, 3.8) is 0 Å². The fourth-order valence-corrected chi connectivity index (χ4v) is 3.56. The van der Waals surface area contributed by atoms with E-state index in [4.69, 9.17) is 5.73 Å². The van der Waals surface area contributed by atoms with Crippen LogP contribution in [0.25, 0.3) is 0 Å². The van der Waals surface area contributed by atoms with Gasteiger partial charge < -0.3 is 31.5 Å². The van der Waals surface area contributed by atoms with Crippen molar-refractivity contribution >= 4 is 23.7 Å². The number of aliphatic carboxylic acids is 1. The maximum Gasteiger partial charge on any atom is 0.326 e. The molecule has 1 aliphatic rings. The third-order valence-electron chi connectivity index (χ3n) is 5.58. The lowest BCUT2D eigenvalue weighted by atomic mass is 10.0. The maximum absolute atomic E-state index is 13.0. The van der Waals surface area contributed by atoms with Crippen molar-refractivity contribution in [3.8, 4) is 5.75 Å². The average Bonchev–Trinajstić information content (AvgIpc) is 3.23. The van der Waals surface area contributed by atoms with Crippen LogP contribution >= 0.6 is 0 Å². The first-order valence-electron chi connectivity index (χ1n) is 10.7. The predicted octanol–water partition coefficient (Wildman–Crippen LogP) is -0.0169. The second kappa shape index (κ2) is 10.9. The third-order valence-corrected chi connectivity index (χ3v) is 5.58. The summed E-state index contributed by atoms with van der Waals surface area (Å²) in [6, 6.07) is 2.49. The smallest absolute Gasteiger partial charge is 0.326 e. The summed E-state index contributed by atoms with van der Waals surface area (Å²) < 4.78 is 0. The Hall–Kier alpha value is -3.14. The van der Waals surface area contributed by atoms with Crippen LogP contribution in [0.15, 0.2) is 24.3 Å². The number of phenolic OH excluding ortho intramolecular Hbond substituents is 1. The minimum Gasteiger partial charge on any atom is -0.508 e. The number of nitrogens with zero attached hydrogens (tertiary/aromatic N) is 1. The number of rotatable bonds is 9. The van der Waals surface area contributed by atoms with Crippen LogP contribution in [-0.2, 0) is 25.6 Å². The Kier molecular flexibility index (Phi) is 8.59. The highest BCUT2D eigenvalue weighted by molar-refractivity contribution is 5.94. The average molecular weight is 449 g/mol. The molecule has 0 bridgehead atoms. The first-order chi connectivity index (χ1) is 15.0. The minimum atomic E-state index is -1.07. The van der Waals surface area contributed by atoms with Gasteiger partial charge in [0.1, 0.15) is 23.9 Å². The molecule has 1 aromatic carbocycles. The summed E-state index contributed by atoms with van der Waals surface area (Å²) in [6.45, 7) is 5.37. The molecule has 1 fully saturated rings. The molecule has 0 radical (unpaired) electrons. The van der Waals surface area contributed by atoms with Crippen LogP contribution in [0.3, 0.4) is 0 Å². The Bertz CT molecular complexity index is 841. The summed E-state index contributed by atoms with van der Waals surface area (Å²) >= 11 is 0. The number of nitrogens with one attached hydrogen (secondary N) is 2. The van der Waals surface area contributed by atoms with Crippen LogP contribution in [0, 0.1) is 5.92 Å². The fraction of sp³-hybridized carbons (Fsp3) is 0.545. The summed E-state index contributed by atoms with van der Waals surface area (Å²) in [7, 11) is 0. The SMILES string of the molecule is CC(NC(=O)C(Cc1ccc(O)cc1)NC(=O)C(N)C(C)C)C(=O)N1CCCC1C(=O)O. The normalized spacial score (nSPS) is 18.7. The fourth-order valence-electron chi connectivity index (χ4n) is 3.56. The minimum absolute atomic E-state index is 0.0680. The van der Waals surface area contributed by atoms with E-state index in [2.05, 4.69) is 10.6 Å². The van der Waals surface area contributed by atoms with E-state index in [0.717, 1.165) is 0 Å². The molecule has 0 aromatic heterocycles. The van der Waals surface area contributed by atoms with Gasteiger partial charge in [0.2, 0.25) is 17.7 Å². The van der Waals surface area contributed by atoms with Crippen LogP contribution in [0.2, 0.25) is 0 Å². The highest BCUT2D eigenvalue weighted by Crippen LogP contribution is 2.18. The first kappa shape index (κ1) is 25.1. The largest absolute Gasteiger partial charge is 0.508 e. The van der Waals surface area contributed by atoms with Gasteiger partial charge in [-0.2, -0.15) is 0 Å². The van der Waals surface area contributed by atoms with E-state index in [9.17, 15) is 29.4 Å². The molecule has 0 saturated carbocycles. The van der Waals surface area contributed by atoms with Crippen LogP contribution in [-0.4, -0.2) is 69.5 Å². The van der Waals surface area contributed by atoms with Gasteiger partial charge in [0.05, 0.1) is 6.04 Å². The lowest BCUT2D eigenvalue weighted by Gasteiger charge is -2.27.